The quantitative estimate of drug-likeness (QED) is 0.629. The second kappa shape index (κ2) is 8.57. The van der Waals surface area contributed by atoms with E-state index >= 15 is 0 Å². The number of nitrogens with one attached hydrogen (secondary N) is 1. The number of ether oxygens (including phenoxy) is 2. The Morgan fingerprint density at radius 1 is 1.12 bits per heavy atom. The van der Waals surface area contributed by atoms with Gasteiger partial charge in [0.05, 0.1) is 11.6 Å². The molecule has 1 saturated heterocycles. The second-order valence-electron chi connectivity index (χ2n) is 9.02. The van der Waals surface area contributed by atoms with Gasteiger partial charge in [0.15, 0.2) is 0 Å². The van der Waals surface area contributed by atoms with Gasteiger partial charge in [-0.2, -0.15) is 0 Å². The lowest BCUT2D eigenvalue weighted by molar-refractivity contribution is 0.00532. The fraction of sp³-hybridized carbons (Fsp3) is 0.360. The Kier molecular flexibility index (Phi) is 5.82. The van der Waals surface area contributed by atoms with Gasteiger partial charge in [-0.3, -0.25) is 4.79 Å². The highest BCUT2D eigenvalue weighted by atomic mass is 16.6. The molecule has 1 fully saturated rings. The molecule has 1 aliphatic rings. The van der Waals surface area contributed by atoms with Crippen LogP contribution >= 0.6 is 0 Å². The van der Waals surface area contributed by atoms with E-state index in [0.29, 0.717) is 47.7 Å². The summed E-state index contributed by atoms with van der Waals surface area (Å²) in [7, 11) is 0. The third-order valence-corrected chi connectivity index (χ3v) is 5.18. The normalized spacial score (nSPS) is 14.2. The Morgan fingerprint density at radius 3 is 2.53 bits per heavy atom. The van der Waals surface area contributed by atoms with Crippen molar-refractivity contribution in [3.05, 3.63) is 65.4 Å². The van der Waals surface area contributed by atoms with Crippen molar-refractivity contribution in [2.75, 3.05) is 13.1 Å². The SMILES string of the molecule is Cc1oc2ccc(OCc3ccccc3)cc2c1C(=O)NC1CN(C(=O)OC(C)(C)C)C1. The molecule has 1 aromatic heterocycles. The van der Waals surface area contributed by atoms with E-state index in [1.165, 1.54) is 0 Å². The van der Waals surface area contributed by atoms with Crippen molar-refractivity contribution >= 4 is 23.0 Å². The first kappa shape index (κ1) is 21.7. The molecule has 4 rings (SSSR count). The number of benzene rings is 2. The molecular formula is C25H28N2O5. The number of hydrogen-bond donors (Lipinski definition) is 1. The van der Waals surface area contributed by atoms with Crippen LogP contribution in [0.5, 0.6) is 5.75 Å². The molecule has 32 heavy (non-hydrogen) atoms. The van der Waals surface area contributed by atoms with Crippen LogP contribution in [0.1, 0.15) is 42.5 Å². The van der Waals surface area contributed by atoms with E-state index in [1.807, 2.05) is 69.3 Å². The summed E-state index contributed by atoms with van der Waals surface area (Å²) in [6.45, 7) is 8.53. The molecule has 2 amide bonds. The van der Waals surface area contributed by atoms with E-state index in [1.54, 1.807) is 11.8 Å². The average Bonchev–Trinajstić information content (AvgIpc) is 3.03. The predicted octanol–water partition coefficient (Wildman–Crippen LogP) is 4.67. The minimum atomic E-state index is -0.543. The number of amides is 2. The summed E-state index contributed by atoms with van der Waals surface area (Å²) in [5.41, 5.74) is 1.64. The largest absolute Gasteiger partial charge is 0.489 e. The van der Waals surface area contributed by atoms with Gasteiger partial charge in [0.1, 0.15) is 29.3 Å². The monoisotopic (exact) mass is 436 g/mol. The first-order valence-corrected chi connectivity index (χ1v) is 10.7. The lowest BCUT2D eigenvalue weighted by Gasteiger charge is -2.39. The molecule has 1 aliphatic heterocycles. The van der Waals surface area contributed by atoms with Gasteiger partial charge in [-0.1, -0.05) is 30.3 Å². The number of carbonyl (C=O) groups is 2. The van der Waals surface area contributed by atoms with Crippen molar-refractivity contribution < 1.29 is 23.5 Å². The molecule has 168 valence electrons. The fourth-order valence-electron chi connectivity index (χ4n) is 3.61. The molecule has 0 radical (unpaired) electrons. The van der Waals surface area contributed by atoms with Gasteiger partial charge in [-0.05, 0) is 51.5 Å². The van der Waals surface area contributed by atoms with Crippen LogP contribution in [0, 0.1) is 6.92 Å². The topological polar surface area (TPSA) is 81.0 Å². The number of nitrogens with zero attached hydrogens (tertiary/aromatic N) is 1. The maximum atomic E-state index is 13.0. The van der Waals surface area contributed by atoms with Gasteiger partial charge < -0.3 is 24.1 Å². The highest BCUT2D eigenvalue weighted by Gasteiger charge is 2.35. The molecule has 0 saturated carbocycles. The maximum Gasteiger partial charge on any atom is 0.410 e. The molecule has 0 bridgehead atoms. The molecule has 0 spiro atoms. The average molecular weight is 437 g/mol. The lowest BCUT2D eigenvalue weighted by atomic mass is 10.1. The van der Waals surface area contributed by atoms with Crippen molar-refractivity contribution in [2.24, 2.45) is 0 Å². The molecule has 3 aromatic rings. The van der Waals surface area contributed by atoms with Gasteiger partial charge in [-0.15, -0.1) is 0 Å². The molecular weight excluding hydrogens is 408 g/mol. The van der Waals surface area contributed by atoms with E-state index in [2.05, 4.69) is 5.32 Å². The van der Waals surface area contributed by atoms with E-state index in [0.717, 1.165) is 5.56 Å². The zero-order valence-corrected chi connectivity index (χ0v) is 18.8. The number of likely N-dealkylation sites (tertiary alicyclic amines) is 1. The Hall–Kier alpha value is -3.48. The highest BCUT2D eigenvalue weighted by Crippen LogP contribution is 2.30. The van der Waals surface area contributed by atoms with Crippen LogP contribution in [0.4, 0.5) is 4.79 Å². The number of fused-ring (bicyclic) bond motifs is 1. The smallest absolute Gasteiger partial charge is 0.410 e. The van der Waals surface area contributed by atoms with Gasteiger partial charge >= 0.3 is 6.09 Å². The van der Waals surface area contributed by atoms with E-state index in [-0.39, 0.29) is 18.0 Å². The molecule has 0 atom stereocenters. The Labute approximate surface area is 187 Å². The maximum absolute atomic E-state index is 13.0. The minimum Gasteiger partial charge on any atom is -0.489 e. The number of carbonyl (C=O) groups excluding carboxylic acids is 2. The van der Waals surface area contributed by atoms with Gasteiger partial charge in [0.2, 0.25) is 0 Å². The molecule has 2 aromatic carbocycles. The summed E-state index contributed by atoms with van der Waals surface area (Å²) >= 11 is 0. The van der Waals surface area contributed by atoms with E-state index < -0.39 is 5.60 Å². The van der Waals surface area contributed by atoms with Crippen molar-refractivity contribution in [1.82, 2.24) is 10.2 Å². The molecule has 0 unspecified atom stereocenters. The van der Waals surface area contributed by atoms with Gasteiger partial charge in [-0.25, -0.2) is 4.79 Å². The summed E-state index contributed by atoms with van der Waals surface area (Å²) in [5, 5.41) is 3.69. The van der Waals surface area contributed by atoms with E-state index in [4.69, 9.17) is 13.9 Å². The molecule has 1 N–H and O–H groups in total. The molecule has 7 heteroatoms. The van der Waals surface area contributed by atoms with Crippen molar-refractivity contribution in [3.8, 4) is 5.75 Å². The highest BCUT2D eigenvalue weighted by molar-refractivity contribution is 6.07. The summed E-state index contributed by atoms with van der Waals surface area (Å²) in [5.74, 6) is 0.979. The van der Waals surface area contributed by atoms with Crippen LogP contribution in [-0.2, 0) is 11.3 Å². The van der Waals surface area contributed by atoms with Crippen molar-refractivity contribution in [1.29, 1.82) is 0 Å². The van der Waals surface area contributed by atoms with Crippen molar-refractivity contribution in [3.63, 3.8) is 0 Å². The number of rotatable bonds is 5. The van der Waals surface area contributed by atoms with Gasteiger partial charge in [0.25, 0.3) is 5.91 Å². The molecule has 0 aliphatic carbocycles. The third kappa shape index (κ3) is 4.88. The Morgan fingerprint density at radius 2 is 1.84 bits per heavy atom. The van der Waals surface area contributed by atoms with Crippen LogP contribution < -0.4 is 10.1 Å². The minimum absolute atomic E-state index is 0.128. The predicted molar refractivity (Wildman–Crippen MR) is 121 cm³/mol. The standard InChI is InChI=1S/C25H28N2O5/c1-16-22(23(28)26-18-13-27(14-18)24(29)32-25(2,3)4)20-12-19(10-11-21(20)31-16)30-15-17-8-6-5-7-9-17/h5-12,18H,13-15H2,1-4H3,(H,26,28). The summed E-state index contributed by atoms with van der Waals surface area (Å²) in [6.07, 6.45) is -0.367. The van der Waals surface area contributed by atoms with Crippen LogP contribution in [-0.4, -0.2) is 41.6 Å². The van der Waals surface area contributed by atoms with E-state index in [9.17, 15) is 9.59 Å². The van der Waals surface area contributed by atoms with Crippen LogP contribution in [0.2, 0.25) is 0 Å². The zero-order chi connectivity index (χ0) is 22.9. The van der Waals surface area contributed by atoms with Gasteiger partial charge in [0, 0.05) is 18.5 Å². The molecule has 2 heterocycles. The third-order valence-electron chi connectivity index (χ3n) is 5.18. The first-order chi connectivity index (χ1) is 15.2. The Balaban J connectivity index is 1.41. The lowest BCUT2D eigenvalue weighted by Crippen LogP contribution is -2.61. The fourth-order valence-corrected chi connectivity index (χ4v) is 3.61. The van der Waals surface area contributed by atoms with Crippen molar-refractivity contribution in [2.45, 2.75) is 45.9 Å². The summed E-state index contributed by atoms with van der Waals surface area (Å²) < 4.78 is 17.0. The first-order valence-electron chi connectivity index (χ1n) is 10.7. The molecule has 7 nitrogen and oxygen atoms in total. The summed E-state index contributed by atoms with van der Waals surface area (Å²) in [4.78, 5) is 26.7. The van der Waals surface area contributed by atoms with Crippen LogP contribution in [0.3, 0.4) is 0 Å². The van der Waals surface area contributed by atoms with Crippen LogP contribution in [0.15, 0.2) is 52.9 Å². The number of furan rings is 1. The summed E-state index contributed by atoms with van der Waals surface area (Å²) in [6, 6.07) is 15.2. The zero-order valence-electron chi connectivity index (χ0n) is 18.8. The number of hydrogen-bond acceptors (Lipinski definition) is 5. The second-order valence-corrected chi connectivity index (χ2v) is 9.02. The Bertz CT molecular complexity index is 1120. The van der Waals surface area contributed by atoms with Crippen LogP contribution in [0.25, 0.3) is 11.0 Å². The number of aryl methyl sites for hydroxylation is 1.